The van der Waals surface area contributed by atoms with Crippen molar-refractivity contribution in [1.82, 2.24) is 4.90 Å². The maximum absolute atomic E-state index is 11.2. The molecule has 7 heteroatoms. The van der Waals surface area contributed by atoms with Crippen molar-refractivity contribution >= 4 is 47.2 Å². The molecule has 0 amide bonds. The van der Waals surface area contributed by atoms with Crippen LogP contribution in [0.15, 0.2) is 54.8 Å². The van der Waals surface area contributed by atoms with E-state index < -0.39 is 5.97 Å². The third-order valence-corrected chi connectivity index (χ3v) is 5.57. The standard InChI is InChI=1S/C22H23Cl2NO3.ClH/c23-20-9-3-1-7-17(20)19(18-8-2-4-10-21(18)24)15-28-13-12-25-11-5-6-16(14-25)22(26)27;/h1-4,7-10,15-16H,5-6,11-14H2,(H,26,27);1H. The average Bonchev–Trinajstić information content (AvgIpc) is 2.70. The van der Waals surface area contributed by atoms with Crippen LogP contribution in [0, 0.1) is 5.92 Å². The molecule has 3 rings (SSSR count). The van der Waals surface area contributed by atoms with E-state index in [0.717, 1.165) is 36.1 Å². The lowest BCUT2D eigenvalue weighted by Crippen LogP contribution is -2.40. The van der Waals surface area contributed by atoms with E-state index in [1.54, 1.807) is 6.26 Å². The van der Waals surface area contributed by atoms with Crippen molar-refractivity contribution in [1.29, 1.82) is 0 Å². The van der Waals surface area contributed by atoms with Gasteiger partial charge in [0.05, 0.1) is 12.2 Å². The van der Waals surface area contributed by atoms with Gasteiger partial charge in [-0.1, -0.05) is 59.6 Å². The second-order valence-electron chi connectivity index (χ2n) is 6.84. The quantitative estimate of drug-likeness (QED) is 0.434. The smallest absolute Gasteiger partial charge is 0.307 e. The number of aliphatic carboxylic acids is 1. The van der Waals surface area contributed by atoms with Crippen LogP contribution in [-0.2, 0) is 9.53 Å². The molecule has 0 radical (unpaired) electrons. The fourth-order valence-electron chi connectivity index (χ4n) is 3.42. The molecular weight excluding hydrogens is 433 g/mol. The fourth-order valence-corrected chi connectivity index (χ4v) is 3.89. The number of piperidine rings is 1. The molecule has 0 saturated carbocycles. The number of nitrogens with zero attached hydrogens (tertiary/aromatic N) is 1. The van der Waals surface area contributed by atoms with Gasteiger partial charge in [0.25, 0.3) is 0 Å². The van der Waals surface area contributed by atoms with Crippen LogP contribution in [-0.4, -0.2) is 42.2 Å². The number of likely N-dealkylation sites (tertiary alicyclic amines) is 1. The van der Waals surface area contributed by atoms with Crippen molar-refractivity contribution in [3.05, 3.63) is 76.0 Å². The highest BCUT2D eigenvalue weighted by Gasteiger charge is 2.24. The van der Waals surface area contributed by atoms with Crippen molar-refractivity contribution in [2.75, 3.05) is 26.2 Å². The highest BCUT2D eigenvalue weighted by molar-refractivity contribution is 6.34. The first kappa shape index (κ1) is 23.6. The molecule has 0 aliphatic carbocycles. The summed E-state index contributed by atoms with van der Waals surface area (Å²) in [7, 11) is 0. The number of halogens is 3. The molecule has 0 bridgehead atoms. The number of hydrogen-bond acceptors (Lipinski definition) is 3. The zero-order chi connectivity index (χ0) is 19.9. The zero-order valence-corrected chi connectivity index (χ0v) is 18.2. The summed E-state index contributed by atoms with van der Waals surface area (Å²) in [5.41, 5.74) is 2.51. The van der Waals surface area contributed by atoms with Gasteiger partial charge in [-0.05, 0) is 31.5 Å². The molecule has 1 unspecified atom stereocenters. The molecule has 1 fully saturated rings. The molecule has 156 valence electrons. The molecule has 2 aromatic carbocycles. The first-order valence-electron chi connectivity index (χ1n) is 9.33. The Morgan fingerprint density at radius 1 is 1.10 bits per heavy atom. The SMILES string of the molecule is Cl.O=C(O)C1CCCN(CCOC=C(c2ccccc2Cl)c2ccccc2Cl)C1. The van der Waals surface area contributed by atoms with E-state index in [4.69, 9.17) is 27.9 Å². The summed E-state index contributed by atoms with van der Waals surface area (Å²) >= 11 is 12.8. The highest BCUT2D eigenvalue weighted by Crippen LogP contribution is 2.33. The van der Waals surface area contributed by atoms with Crippen molar-refractivity contribution < 1.29 is 14.6 Å². The van der Waals surface area contributed by atoms with E-state index in [0.29, 0.717) is 29.7 Å². The maximum atomic E-state index is 11.2. The molecule has 1 saturated heterocycles. The largest absolute Gasteiger partial charge is 0.499 e. The normalized spacial score (nSPS) is 16.6. The summed E-state index contributed by atoms with van der Waals surface area (Å²) in [5, 5.41) is 10.5. The number of rotatable bonds is 7. The van der Waals surface area contributed by atoms with Gasteiger partial charge in [-0.15, -0.1) is 12.4 Å². The number of hydrogen-bond donors (Lipinski definition) is 1. The highest BCUT2D eigenvalue weighted by atomic mass is 35.5. The molecule has 1 heterocycles. The van der Waals surface area contributed by atoms with E-state index in [1.807, 2.05) is 48.5 Å². The Morgan fingerprint density at radius 3 is 2.24 bits per heavy atom. The van der Waals surface area contributed by atoms with Crippen LogP contribution in [0.2, 0.25) is 10.0 Å². The average molecular weight is 457 g/mol. The molecular formula is C22H24Cl3NO3. The molecule has 0 spiro atoms. The first-order chi connectivity index (χ1) is 13.6. The van der Waals surface area contributed by atoms with Gasteiger partial charge in [0.1, 0.15) is 6.61 Å². The van der Waals surface area contributed by atoms with Crippen LogP contribution >= 0.6 is 35.6 Å². The van der Waals surface area contributed by atoms with Crippen LogP contribution in [0.25, 0.3) is 5.57 Å². The van der Waals surface area contributed by atoms with E-state index in [1.165, 1.54) is 0 Å². The Morgan fingerprint density at radius 2 is 1.69 bits per heavy atom. The molecule has 29 heavy (non-hydrogen) atoms. The first-order valence-corrected chi connectivity index (χ1v) is 10.1. The predicted octanol–water partition coefficient (Wildman–Crippen LogP) is 5.62. The van der Waals surface area contributed by atoms with Gasteiger partial charge in [0.2, 0.25) is 0 Å². The van der Waals surface area contributed by atoms with E-state index in [2.05, 4.69) is 4.90 Å². The van der Waals surface area contributed by atoms with Gasteiger partial charge in [-0.3, -0.25) is 9.69 Å². The molecule has 1 aliphatic rings. The van der Waals surface area contributed by atoms with Crippen molar-refractivity contribution in [2.24, 2.45) is 5.92 Å². The maximum Gasteiger partial charge on any atom is 0.307 e. The monoisotopic (exact) mass is 455 g/mol. The van der Waals surface area contributed by atoms with E-state index >= 15 is 0 Å². The summed E-state index contributed by atoms with van der Waals surface area (Å²) in [6.07, 6.45) is 3.34. The molecule has 1 aliphatic heterocycles. The molecule has 2 aromatic rings. The van der Waals surface area contributed by atoms with E-state index in [9.17, 15) is 9.90 Å². The summed E-state index contributed by atoms with van der Waals surface area (Å²) in [5.74, 6) is -1.00. The third kappa shape index (κ3) is 6.38. The number of benzene rings is 2. The Bertz CT molecular complexity index is 809. The van der Waals surface area contributed by atoms with Gasteiger partial charge < -0.3 is 9.84 Å². The summed E-state index contributed by atoms with van der Waals surface area (Å²) in [4.78, 5) is 13.3. The van der Waals surface area contributed by atoms with Crippen LogP contribution in [0.5, 0.6) is 0 Å². The van der Waals surface area contributed by atoms with Crippen LogP contribution in [0.3, 0.4) is 0 Å². The number of carbonyl (C=O) groups is 1. The minimum absolute atomic E-state index is 0. The summed E-state index contributed by atoms with van der Waals surface area (Å²) in [6.45, 7) is 2.62. The summed E-state index contributed by atoms with van der Waals surface area (Å²) < 4.78 is 5.84. The second-order valence-corrected chi connectivity index (χ2v) is 7.65. The lowest BCUT2D eigenvalue weighted by atomic mass is 9.98. The van der Waals surface area contributed by atoms with Crippen molar-refractivity contribution in [2.45, 2.75) is 12.8 Å². The number of carboxylic acid groups (broad SMARTS) is 1. The fraction of sp³-hybridized carbons (Fsp3) is 0.318. The van der Waals surface area contributed by atoms with Crippen LogP contribution < -0.4 is 0 Å². The Balaban J connectivity index is 0.00000300. The predicted molar refractivity (Wildman–Crippen MR) is 120 cm³/mol. The van der Waals surface area contributed by atoms with E-state index in [-0.39, 0.29) is 18.3 Å². The van der Waals surface area contributed by atoms with Gasteiger partial charge in [0, 0.05) is 39.8 Å². The molecule has 0 aromatic heterocycles. The lowest BCUT2D eigenvalue weighted by Gasteiger charge is -2.30. The Kier molecular flexibility index (Phi) is 9.31. The topological polar surface area (TPSA) is 49.8 Å². The van der Waals surface area contributed by atoms with Crippen molar-refractivity contribution in [3.8, 4) is 0 Å². The molecule has 4 nitrogen and oxygen atoms in total. The van der Waals surface area contributed by atoms with Crippen molar-refractivity contribution in [3.63, 3.8) is 0 Å². The second kappa shape index (κ2) is 11.5. The molecule has 1 atom stereocenters. The van der Waals surface area contributed by atoms with Gasteiger partial charge in [0.15, 0.2) is 0 Å². The minimum atomic E-state index is -0.717. The summed E-state index contributed by atoms with van der Waals surface area (Å²) in [6, 6.07) is 15.1. The Labute approximate surface area is 187 Å². The van der Waals surface area contributed by atoms with Crippen LogP contribution in [0.4, 0.5) is 0 Å². The molecule has 1 N–H and O–H groups in total. The number of ether oxygens (including phenoxy) is 1. The Hall–Kier alpha value is -1.72. The third-order valence-electron chi connectivity index (χ3n) is 4.91. The van der Waals surface area contributed by atoms with Gasteiger partial charge >= 0.3 is 5.97 Å². The lowest BCUT2D eigenvalue weighted by molar-refractivity contribution is -0.143. The van der Waals surface area contributed by atoms with Crippen LogP contribution in [0.1, 0.15) is 24.0 Å². The number of carboxylic acids is 1. The zero-order valence-electron chi connectivity index (χ0n) is 15.9. The van der Waals surface area contributed by atoms with Gasteiger partial charge in [-0.2, -0.15) is 0 Å². The van der Waals surface area contributed by atoms with Gasteiger partial charge in [-0.25, -0.2) is 0 Å². The minimum Gasteiger partial charge on any atom is -0.499 e.